The van der Waals surface area contributed by atoms with Crippen molar-refractivity contribution >= 4 is 22.9 Å². The number of amides is 1. The van der Waals surface area contributed by atoms with E-state index in [0.717, 1.165) is 5.56 Å². The van der Waals surface area contributed by atoms with Gasteiger partial charge in [0.15, 0.2) is 5.65 Å². The van der Waals surface area contributed by atoms with Gasteiger partial charge in [-0.15, -0.1) is 0 Å². The highest BCUT2D eigenvalue weighted by atomic mass is 16.5. The molecule has 0 radical (unpaired) electrons. The van der Waals surface area contributed by atoms with Crippen LogP contribution in [-0.2, 0) is 16.1 Å². The van der Waals surface area contributed by atoms with Gasteiger partial charge in [0.1, 0.15) is 0 Å². The Balaban J connectivity index is 1.75. The van der Waals surface area contributed by atoms with Crippen molar-refractivity contribution in [3.63, 3.8) is 0 Å². The quantitative estimate of drug-likeness (QED) is 0.714. The molecule has 0 saturated carbocycles. The second-order valence-corrected chi connectivity index (χ2v) is 6.96. The van der Waals surface area contributed by atoms with E-state index in [4.69, 9.17) is 14.8 Å². The predicted molar refractivity (Wildman–Crippen MR) is 107 cm³/mol. The number of carbonyl (C=O) groups excluding carboxylic acids is 1. The molecule has 4 rings (SSSR count). The molecule has 29 heavy (non-hydrogen) atoms. The van der Waals surface area contributed by atoms with E-state index in [1.54, 1.807) is 21.8 Å². The van der Waals surface area contributed by atoms with E-state index >= 15 is 0 Å². The van der Waals surface area contributed by atoms with Crippen LogP contribution in [0.5, 0.6) is 0 Å². The zero-order valence-corrected chi connectivity index (χ0v) is 16.1. The van der Waals surface area contributed by atoms with Crippen LogP contribution < -0.4 is 0 Å². The summed E-state index contributed by atoms with van der Waals surface area (Å²) >= 11 is 0. The Labute approximate surface area is 167 Å². The number of aromatic nitrogens is 3. The summed E-state index contributed by atoms with van der Waals surface area (Å²) in [6.45, 7) is 3.60. The minimum Gasteiger partial charge on any atom is -0.481 e. The number of rotatable bonds is 5. The van der Waals surface area contributed by atoms with E-state index in [1.807, 2.05) is 37.3 Å². The first-order chi connectivity index (χ1) is 14.1. The largest absolute Gasteiger partial charge is 0.481 e. The highest BCUT2D eigenvalue weighted by Gasteiger charge is 2.28. The molecule has 1 aliphatic rings. The van der Waals surface area contributed by atoms with Gasteiger partial charge >= 0.3 is 5.97 Å². The summed E-state index contributed by atoms with van der Waals surface area (Å²) in [6.07, 6.45) is 1.04. The lowest BCUT2D eigenvalue weighted by atomic mass is 10.1. The van der Waals surface area contributed by atoms with Crippen LogP contribution in [0.3, 0.4) is 0 Å². The maximum Gasteiger partial charge on any atom is 0.306 e. The van der Waals surface area contributed by atoms with Crippen molar-refractivity contribution in [3.05, 3.63) is 48.2 Å². The molecule has 8 heteroatoms. The number of pyridine rings is 1. The molecule has 0 aliphatic carbocycles. The fraction of sp³-hybridized carbons (Fsp3) is 0.333. The first kappa shape index (κ1) is 19.1. The van der Waals surface area contributed by atoms with E-state index < -0.39 is 12.1 Å². The van der Waals surface area contributed by atoms with Gasteiger partial charge < -0.3 is 14.7 Å². The van der Waals surface area contributed by atoms with Crippen LogP contribution in [0.1, 0.15) is 23.7 Å². The predicted octanol–water partition coefficient (Wildman–Crippen LogP) is 2.43. The summed E-state index contributed by atoms with van der Waals surface area (Å²) in [5.74, 6) is -1.10. The van der Waals surface area contributed by atoms with Crippen molar-refractivity contribution in [2.75, 3.05) is 19.7 Å². The first-order valence-corrected chi connectivity index (χ1v) is 9.61. The Bertz CT molecular complexity index is 1050. The van der Waals surface area contributed by atoms with Crippen LogP contribution in [-0.4, -0.2) is 62.4 Å². The van der Waals surface area contributed by atoms with Crippen LogP contribution >= 0.6 is 0 Å². The molecule has 1 amide bonds. The van der Waals surface area contributed by atoms with E-state index in [1.165, 1.54) is 0 Å². The topological polar surface area (TPSA) is 97.6 Å². The van der Waals surface area contributed by atoms with Crippen LogP contribution in [0.4, 0.5) is 0 Å². The number of carboxylic acid groups (broad SMARTS) is 1. The minimum absolute atomic E-state index is 0.126. The average Bonchev–Trinajstić information content (AvgIpc) is 3.16. The molecule has 1 unspecified atom stereocenters. The Morgan fingerprint density at radius 1 is 1.28 bits per heavy atom. The number of carbonyl (C=O) groups is 2. The SMILES string of the molecule is CCn1ncc2c(C(=O)N3CCOC(CC(=O)O)C3)cc(-c3ccccc3)nc21. The van der Waals surface area contributed by atoms with Crippen molar-refractivity contribution in [2.24, 2.45) is 0 Å². The molecule has 3 heterocycles. The summed E-state index contributed by atoms with van der Waals surface area (Å²) in [5, 5.41) is 14.1. The van der Waals surface area contributed by atoms with Gasteiger partial charge in [0.05, 0.1) is 42.0 Å². The number of ether oxygens (including phenoxy) is 1. The molecule has 8 nitrogen and oxygen atoms in total. The molecule has 0 spiro atoms. The number of benzene rings is 1. The lowest BCUT2D eigenvalue weighted by Crippen LogP contribution is -2.46. The molecule has 1 aromatic carbocycles. The lowest BCUT2D eigenvalue weighted by Gasteiger charge is -2.32. The molecule has 1 N–H and O–H groups in total. The van der Waals surface area contributed by atoms with E-state index in [0.29, 0.717) is 42.0 Å². The number of hydrogen-bond donors (Lipinski definition) is 1. The molecule has 2 aromatic heterocycles. The monoisotopic (exact) mass is 394 g/mol. The molecule has 3 aromatic rings. The third-order valence-corrected chi connectivity index (χ3v) is 5.04. The summed E-state index contributed by atoms with van der Waals surface area (Å²) in [6, 6.07) is 11.5. The summed E-state index contributed by atoms with van der Waals surface area (Å²) in [5.41, 5.74) is 2.79. The van der Waals surface area contributed by atoms with Crippen LogP contribution in [0.15, 0.2) is 42.6 Å². The lowest BCUT2D eigenvalue weighted by molar-refractivity contribution is -0.141. The van der Waals surface area contributed by atoms with Crippen molar-refractivity contribution in [1.29, 1.82) is 0 Å². The van der Waals surface area contributed by atoms with Crippen LogP contribution in [0.25, 0.3) is 22.3 Å². The Morgan fingerprint density at radius 2 is 2.07 bits per heavy atom. The van der Waals surface area contributed by atoms with Crippen molar-refractivity contribution in [2.45, 2.75) is 26.0 Å². The number of hydrogen-bond acceptors (Lipinski definition) is 5. The summed E-state index contributed by atoms with van der Waals surface area (Å²) in [7, 11) is 0. The van der Waals surface area contributed by atoms with Crippen molar-refractivity contribution in [3.8, 4) is 11.3 Å². The fourth-order valence-electron chi connectivity index (χ4n) is 3.61. The highest BCUT2D eigenvalue weighted by Crippen LogP contribution is 2.26. The van der Waals surface area contributed by atoms with Gasteiger partial charge in [-0.1, -0.05) is 30.3 Å². The van der Waals surface area contributed by atoms with Gasteiger partial charge in [-0.05, 0) is 13.0 Å². The third kappa shape index (κ3) is 3.84. The molecule has 1 aliphatic heterocycles. The van der Waals surface area contributed by atoms with Crippen LogP contribution in [0, 0.1) is 0 Å². The third-order valence-electron chi connectivity index (χ3n) is 5.04. The maximum absolute atomic E-state index is 13.4. The minimum atomic E-state index is -0.939. The highest BCUT2D eigenvalue weighted by molar-refractivity contribution is 6.06. The number of aryl methyl sites for hydroxylation is 1. The van der Waals surface area contributed by atoms with Gasteiger partial charge in [0.2, 0.25) is 0 Å². The van der Waals surface area contributed by atoms with Gasteiger partial charge in [-0.2, -0.15) is 5.10 Å². The Hall–Kier alpha value is -3.26. The standard InChI is InChI=1S/C21H22N4O4/c1-2-25-20-17(12-22-25)16(11-18(23-20)14-6-4-3-5-7-14)21(28)24-8-9-29-15(13-24)10-19(26)27/h3-7,11-12,15H,2,8-10,13H2,1H3,(H,26,27). The van der Waals surface area contributed by atoms with Crippen molar-refractivity contribution < 1.29 is 19.4 Å². The summed E-state index contributed by atoms with van der Waals surface area (Å²) < 4.78 is 7.27. The van der Waals surface area contributed by atoms with E-state index in [2.05, 4.69) is 5.10 Å². The number of carboxylic acids is 1. The maximum atomic E-state index is 13.4. The second kappa shape index (κ2) is 8.00. The number of morpholine rings is 1. The zero-order valence-electron chi connectivity index (χ0n) is 16.1. The van der Waals surface area contributed by atoms with Gasteiger partial charge in [-0.3, -0.25) is 9.59 Å². The van der Waals surface area contributed by atoms with E-state index in [-0.39, 0.29) is 18.9 Å². The Morgan fingerprint density at radius 3 is 2.79 bits per heavy atom. The average molecular weight is 394 g/mol. The first-order valence-electron chi connectivity index (χ1n) is 9.61. The molecule has 1 atom stereocenters. The molecule has 1 saturated heterocycles. The normalized spacial score (nSPS) is 16.9. The fourth-order valence-corrected chi connectivity index (χ4v) is 3.61. The molecular formula is C21H22N4O4. The zero-order chi connectivity index (χ0) is 20.4. The van der Waals surface area contributed by atoms with Crippen LogP contribution in [0.2, 0.25) is 0 Å². The smallest absolute Gasteiger partial charge is 0.306 e. The number of fused-ring (bicyclic) bond motifs is 1. The van der Waals surface area contributed by atoms with E-state index in [9.17, 15) is 9.59 Å². The molecule has 150 valence electrons. The number of aliphatic carboxylic acids is 1. The molecular weight excluding hydrogens is 372 g/mol. The van der Waals surface area contributed by atoms with Gasteiger partial charge in [-0.25, -0.2) is 9.67 Å². The molecule has 0 bridgehead atoms. The Kier molecular flexibility index (Phi) is 5.26. The van der Waals surface area contributed by atoms with Gasteiger partial charge in [0, 0.05) is 25.2 Å². The summed E-state index contributed by atoms with van der Waals surface area (Å²) in [4.78, 5) is 30.8. The van der Waals surface area contributed by atoms with Gasteiger partial charge in [0.25, 0.3) is 5.91 Å². The van der Waals surface area contributed by atoms with Crippen molar-refractivity contribution in [1.82, 2.24) is 19.7 Å². The number of nitrogens with zero attached hydrogens (tertiary/aromatic N) is 4. The second-order valence-electron chi connectivity index (χ2n) is 6.96. The molecule has 1 fully saturated rings.